The summed E-state index contributed by atoms with van der Waals surface area (Å²) in [6.45, 7) is 4.70. The van der Waals surface area contributed by atoms with E-state index in [9.17, 15) is 0 Å². The molecular weight excluding hydrogens is 204 g/mol. The summed E-state index contributed by atoms with van der Waals surface area (Å²) in [7, 11) is 2.07. The molecule has 15 heavy (non-hydrogen) atoms. The summed E-state index contributed by atoms with van der Waals surface area (Å²) >= 11 is 1.74. The van der Waals surface area contributed by atoms with Crippen molar-refractivity contribution in [3.63, 3.8) is 0 Å². The minimum absolute atomic E-state index is 0.547. The average Bonchev–Trinajstić information content (AvgIpc) is 2.57. The van der Waals surface area contributed by atoms with Gasteiger partial charge in [0.15, 0.2) is 4.80 Å². The van der Waals surface area contributed by atoms with E-state index in [-0.39, 0.29) is 0 Å². The molecule has 1 aliphatic carbocycles. The van der Waals surface area contributed by atoms with Crippen molar-refractivity contribution in [2.75, 3.05) is 0 Å². The molecule has 2 nitrogen and oxygen atoms in total. The van der Waals surface area contributed by atoms with E-state index >= 15 is 0 Å². The molecule has 2 rings (SSSR count). The number of hydrogen-bond donors (Lipinski definition) is 0. The summed E-state index contributed by atoms with van der Waals surface area (Å²) in [5, 5.41) is 2.11. The first-order valence-corrected chi connectivity index (χ1v) is 6.68. The van der Waals surface area contributed by atoms with Crippen molar-refractivity contribution in [1.82, 2.24) is 4.57 Å². The maximum absolute atomic E-state index is 4.87. The smallest absolute Gasteiger partial charge is 0.184 e. The Morgan fingerprint density at radius 1 is 1.40 bits per heavy atom. The van der Waals surface area contributed by atoms with E-state index in [4.69, 9.17) is 4.99 Å². The SMILES string of the molecule is CC1CCC(N=c2sccn2C)C(C)C1. The zero-order valence-corrected chi connectivity index (χ0v) is 10.6. The van der Waals surface area contributed by atoms with Gasteiger partial charge in [-0.25, -0.2) is 0 Å². The lowest BCUT2D eigenvalue weighted by Gasteiger charge is -2.29. The Hall–Kier alpha value is -0.570. The average molecular weight is 224 g/mol. The number of rotatable bonds is 1. The topological polar surface area (TPSA) is 17.3 Å². The van der Waals surface area contributed by atoms with Crippen LogP contribution in [0.15, 0.2) is 16.6 Å². The van der Waals surface area contributed by atoms with Crippen LogP contribution in [0.4, 0.5) is 0 Å². The fraction of sp³-hybridized carbons (Fsp3) is 0.750. The van der Waals surface area contributed by atoms with Crippen molar-refractivity contribution in [2.24, 2.45) is 23.9 Å². The third kappa shape index (κ3) is 2.51. The summed E-state index contributed by atoms with van der Waals surface area (Å²) in [6.07, 6.45) is 6.02. The standard InChI is InChI=1S/C12H20N2S/c1-9-4-5-11(10(2)8-9)13-12-14(3)6-7-15-12/h6-7,9-11H,4-5,8H2,1-3H3. The van der Waals surface area contributed by atoms with Gasteiger partial charge in [-0.1, -0.05) is 13.8 Å². The molecule has 3 unspecified atom stereocenters. The fourth-order valence-electron chi connectivity index (χ4n) is 2.43. The number of aryl methyl sites for hydroxylation is 1. The van der Waals surface area contributed by atoms with E-state index in [0.29, 0.717) is 6.04 Å². The van der Waals surface area contributed by atoms with Gasteiger partial charge in [-0.05, 0) is 31.1 Å². The summed E-state index contributed by atoms with van der Waals surface area (Å²) < 4.78 is 2.12. The summed E-state index contributed by atoms with van der Waals surface area (Å²) in [5.41, 5.74) is 0. The van der Waals surface area contributed by atoms with E-state index in [1.165, 1.54) is 24.1 Å². The van der Waals surface area contributed by atoms with Gasteiger partial charge in [-0.15, -0.1) is 11.3 Å². The van der Waals surface area contributed by atoms with Crippen molar-refractivity contribution in [3.05, 3.63) is 16.4 Å². The summed E-state index contributed by atoms with van der Waals surface area (Å²) in [5.74, 6) is 1.64. The van der Waals surface area contributed by atoms with Crippen LogP contribution in [0.25, 0.3) is 0 Å². The lowest BCUT2D eigenvalue weighted by atomic mass is 9.80. The molecule has 0 spiro atoms. The number of hydrogen-bond acceptors (Lipinski definition) is 2. The second kappa shape index (κ2) is 4.52. The molecule has 3 atom stereocenters. The molecule has 0 bridgehead atoms. The highest BCUT2D eigenvalue weighted by atomic mass is 32.1. The van der Waals surface area contributed by atoms with Crippen LogP contribution in [-0.4, -0.2) is 10.6 Å². The van der Waals surface area contributed by atoms with Crippen LogP contribution in [0.1, 0.15) is 33.1 Å². The molecule has 0 aromatic carbocycles. The predicted molar refractivity (Wildman–Crippen MR) is 64.8 cm³/mol. The van der Waals surface area contributed by atoms with E-state index in [2.05, 4.69) is 37.0 Å². The van der Waals surface area contributed by atoms with Crippen LogP contribution >= 0.6 is 11.3 Å². The Kier molecular flexibility index (Phi) is 3.29. The quantitative estimate of drug-likeness (QED) is 0.698. The van der Waals surface area contributed by atoms with E-state index in [0.717, 1.165) is 11.8 Å². The first kappa shape index (κ1) is 10.9. The summed E-state index contributed by atoms with van der Waals surface area (Å²) in [6, 6.07) is 0.547. The molecule has 84 valence electrons. The molecule has 0 saturated heterocycles. The Morgan fingerprint density at radius 2 is 2.20 bits per heavy atom. The van der Waals surface area contributed by atoms with Crippen LogP contribution in [0, 0.1) is 11.8 Å². The molecule has 1 aromatic heterocycles. The van der Waals surface area contributed by atoms with Crippen LogP contribution in [0.5, 0.6) is 0 Å². The van der Waals surface area contributed by atoms with E-state index < -0.39 is 0 Å². The van der Waals surface area contributed by atoms with Crippen molar-refractivity contribution >= 4 is 11.3 Å². The van der Waals surface area contributed by atoms with Gasteiger partial charge in [-0.3, -0.25) is 4.99 Å². The number of thiazole rings is 1. The Bertz CT molecular complexity index is 377. The van der Waals surface area contributed by atoms with Gasteiger partial charge in [0.1, 0.15) is 0 Å². The van der Waals surface area contributed by atoms with Gasteiger partial charge in [-0.2, -0.15) is 0 Å². The maximum Gasteiger partial charge on any atom is 0.184 e. The second-order valence-corrected chi connectivity index (χ2v) is 5.76. The molecule has 3 heteroatoms. The van der Waals surface area contributed by atoms with Crippen molar-refractivity contribution < 1.29 is 0 Å². The molecule has 1 aromatic rings. The third-order valence-corrected chi connectivity index (χ3v) is 4.28. The van der Waals surface area contributed by atoms with Crippen LogP contribution < -0.4 is 4.80 Å². The van der Waals surface area contributed by atoms with Crippen LogP contribution in [0.3, 0.4) is 0 Å². The van der Waals surface area contributed by atoms with Crippen molar-refractivity contribution in [3.8, 4) is 0 Å². The van der Waals surface area contributed by atoms with Gasteiger partial charge in [0, 0.05) is 18.6 Å². The number of aromatic nitrogens is 1. The van der Waals surface area contributed by atoms with Crippen molar-refractivity contribution in [1.29, 1.82) is 0 Å². The Balaban J connectivity index is 2.16. The zero-order chi connectivity index (χ0) is 10.8. The summed E-state index contributed by atoms with van der Waals surface area (Å²) in [4.78, 5) is 6.04. The first-order valence-electron chi connectivity index (χ1n) is 5.81. The van der Waals surface area contributed by atoms with Crippen molar-refractivity contribution in [2.45, 2.75) is 39.2 Å². The molecule has 0 aliphatic heterocycles. The maximum atomic E-state index is 4.87. The Morgan fingerprint density at radius 3 is 2.80 bits per heavy atom. The molecule has 0 N–H and O–H groups in total. The second-order valence-electron chi connectivity index (χ2n) is 4.89. The highest BCUT2D eigenvalue weighted by Crippen LogP contribution is 2.30. The fourth-order valence-corrected chi connectivity index (χ4v) is 3.22. The molecule has 1 fully saturated rings. The highest BCUT2D eigenvalue weighted by Gasteiger charge is 2.24. The van der Waals surface area contributed by atoms with Gasteiger partial charge in [0.25, 0.3) is 0 Å². The van der Waals surface area contributed by atoms with Gasteiger partial charge in [0.2, 0.25) is 0 Å². The minimum atomic E-state index is 0.547. The lowest BCUT2D eigenvalue weighted by Crippen LogP contribution is -2.27. The first-order chi connectivity index (χ1) is 7.16. The van der Waals surface area contributed by atoms with Gasteiger partial charge in [0.05, 0.1) is 6.04 Å². The Labute approximate surface area is 95.7 Å². The predicted octanol–water partition coefficient (Wildman–Crippen LogP) is 2.81. The third-order valence-electron chi connectivity index (χ3n) is 3.42. The zero-order valence-electron chi connectivity index (χ0n) is 9.81. The largest absolute Gasteiger partial charge is 0.327 e. The molecule has 1 aliphatic rings. The van der Waals surface area contributed by atoms with Gasteiger partial charge < -0.3 is 4.57 Å². The van der Waals surface area contributed by atoms with Crippen LogP contribution in [-0.2, 0) is 7.05 Å². The van der Waals surface area contributed by atoms with Gasteiger partial charge >= 0.3 is 0 Å². The van der Waals surface area contributed by atoms with Crippen LogP contribution in [0.2, 0.25) is 0 Å². The highest BCUT2D eigenvalue weighted by molar-refractivity contribution is 7.07. The van der Waals surface area contributed by atoms with E-state index in [1.54, 1.807) is 11.3 Å². The monoisotopic (exact) mass is 224 g/mol. The lowest BCUT2D eigenvalue weighted by molar-refractivity contribution is 0.261. The molecule has 0 radical (unpaired) electrons. The number of nitrogens with zero attached hydrogens (tertiary/aromatic N) is 2. The molecule has 1 saturated carbocycles. The minimum Gasteiger partial charge on any atom is -0.327 e. The molecule has 1 heterocycles. The molecular formula is C12H20N2S. The normalized spacial score (nSPS) is 33.3. The van der Waals surface area contributed by atoms with E-state index in [1.807, 2.05) is 0 Å². The molecule has 0 amide bonds.